The van der Waals surface area contributed by atoms with E-state index in [9.17, 15) is 8.60 Å². The number of aryl methyl sites for hydroxylation is 1. The predicted octanol–water partition coefficient (Wildman–Crippen LogP) is 3.34. The summed E-state index contributed by atoms with van der Waals surface area (Å²) in [5.74, 6) is 0.301. The maximum absolute atomic E-state index is 13.8. The fourth-order valence-corrected chi connectivity index (χ4v) is 3.04. The van der Waals surface area contributed by atoms with E-state index < -0.39 is 10.8 Å². The summed E-state index contributed by atoms with van der Waals surface area (Å²) in [6, 6.07) is 14.9. The molecule has 112 valence electrons. The van der Waals surface area contributed by atoms with E-state index in [4.69, 9.17) is 0 Å². The van der Waals surface area contributed by atoms with E-state index in [1.54, 1.807) is 12.3 Å². The Morgan fingerprint density at radius 3 is 2.57 bits per heavy atom. The zero-order chi connectivity index (χ0) is 15.2. The van der Waals surface area contributed by atoms with Gasteiger partial charge in [0.15, 0.2) is 0 Å². The molecule has 0 bridgehead atoms. The first-order valence-corrected chi connectivity index (χ1v) is 8.62. The van der Waals surface area contributed by atoms with Gasteiger partial charge in [-0.2, -0.15) is 0 Å². The number of rotatable bonds is 6. The molecule has 21 heavy (non-hydrogen) atoms. The second-order valence-corrected chi connectivity index (χ2v) is 6.66. The fourth-order valence-electron chi connectivity index (χ4n) is 2.27. The van der Waals surface area contributed by atoms with Crippen LogP contribution in [0.2, 0.25) is 0 Å². The van der Waals surface area contributed by atoms with Crippen LogP contribution in [0.5, 0.6) is 0 Å². The Kier molecular flexibility index (Phi) is 5.65. The standard InChI is InChI=1S/C17H20FNOS/c1-13-8-9-16(18)15(10-13)11-19-17(12-21(2)20)14-6-4-3-5-7-14/h3-10,17,19H,11-12H2,1-2H3. The van der Waals surface area contributed by atoms with E-state index in [0.717, 1.165) is 11.1 Å². The molecule has 2 atom stereocenters. The van der Waals surface area contributed by atoms with Gasteiger partial charge >= 0.3 is 0 Å². The molecule has 0 aliphatic heterocycles. The summed E-state index contributed by atoms with van der Waals surface area (Å²) in [7, 11) is -0.920. The molecule has 0 heterocycles. The van der Waals surface area contributed by atoms with Crippen molar-refractivity contribution in [1.82, 2.24) is 5.32 Å². The number of halogens is 1. The summed E-state index contributed by atoms with van der Waals surface area (Å²) in [5, 5.41) is 3.32. The van der Waals surface area contributed by atoms with E-state index in [1.165, 1.54) is 6.07 Å². The van der Waals surface area contributed by atoms with Crippen LogP contribution in [0.3, 0.4) is 0 Å². The van der Waals surface area contributed by atoms with Gasteiger partial charge in [-0.05, 0) is 18.6 Å². The van der Waals surface area contributed by atoms with Crippen LogP contribution in [0.4, 0.5) is 4.39 Å². The molecule has 2 aromatic rings. The van der Waals surface area contributed by atoms with Crippen LogP contribution in [0.25, 0.3) is 0 Å². The maximum atomic E-state index is 13.8. The smallest absolute Gasteiger partial charge is 0.127 e. The van der Waals surface area contributed by atoms with Gasteiger partial charge in [-0.25, -0.2) is 4.39 Å². The van der Waals surface area contributed by atoms with Crippen molar-refractivity contribution in [3.63, 3.8) is 0 Å². The van der Waals surface area contributed by atoms with Gasteiger partial charge < -0.3 is 5.32 Å². The topological polar surface area (TPSA) is 29.1 Å². The lowest BCUT2D eigenvalue weighted by Crippen LogP contribution is -2.26. The van der Waals surface area contributed by atoms with E-state index in [1.807, 2.05) is 43.3 Å². The van der Waals surface area contributed by atoms with Crippen molar-refractivity contribution < 1.29 is 8.60 Å². The second-order valence-electron chi connectivity index (χ2n) is 5.18. The molecule has 0 fully saturated rings. The van der Waals surface area contributed by atoms with Gasteiger partial charge in [0, 0.05) is 41.0 Å². The van der Waals surface area contributed by atoms with Crippen molar-refractivity contribution in [2.45, 2.75) is 19.5 Å². The average Bonchev–Trinajstić information content (AvgIpc) is 2.47. The van der Waals surface area contributed by atoms with Gasteiger partial charge in [0.05, 0.1) is 0 Å². The Balaban J connectivity index is 2.12. The first-order valence-electron chi connectivity index (χ1n) is 6.89. The lowest BCUT2D eigenvalue weighted by atomic mass is 10.1. The van der Waals surface area contributed by atoms with Crippen LogP contribution in [0, 0.1) is 12.7 Å². The minimum absolute atomic E-state index is 0.0445. The van der Waals surface area contributed by atoms with Crippen LogP contribution in [-0.4, -0.2) is 16.2 Å². The molecule has 4 heteroatoms. The molecule has 1 N–H and O–H groups in total. The Labute approximate surface area is 127 Å². The highest BCUT2D eigenvalue weighted by molar-refractivity contribution is 7.84. The molecule has 0 saturated heterocycles. The van der Waals surface area contributed by atoms with Gasteiger partial charge in [-0.3, -0.25) is 4.21 Å². The summed E-state index contributed by atoms with van der Waals surface area (Å²) >= 11 is 0. The molecular formula is C17H20FNOS. The SMILES string of the molecule is Cc1ccc(F)c(CNC(CS(C)=O)c2ccccc2)c1. The molecule has 0 amide bonds. The Morgan fingerprint density at radius 1 is 1.19 bits per heavy atom. The summed E-state index contributed by atoms with van der Waals surface area (Å²) in [5.41, 5.74) is 2.74. The van der Waals surface area contributed by atoms with Crippen LogP contribution in [-0.2, 0) is 17.3 Å². The molecule has 2 rings (SSSR count). The highest BCUT2D eigenvalue weighted by Crippen LogP contribution is 2.16. The average molecular weight is 305 g/mol. The minimum Gasteiger partial charge on any atom is -0.305 e. The Bertz CT molecular complexity index is 615. The molecule has 0 aliphatic carbocycles. The van der Waals surface area contributed by atoms with Gasteiger partial charge in [0.2, 0.25) is 0 Å². The predicted molar refractivity (Wildman–Crippen MR) is 86.1 cm³/mol. The third kappa shape index (κ3) is 4.76. The van der Waals surface area contributed by atoms with Crippen LogP contribution in [0.1, 0.15) is 22.7 Å². The molecule has 0 spiro atoms. The summed E-state index contributed by atoms with van der Waals surface area (Å²) < 4.78 is 25.3. The van der Waals surface area contributed by atoms with Gasteiger partial charge in [-0.15, -0.1) is 0 Å². The fraction of sp³-hybridized carbons (Fsp3) is 0.294. The largest absolute Gasteiger partial charge is 0.305 e. The third-order valence-electron chi connectivity index (χ3n) is 3.34. The number of hydrogen-bond acceptors (Lipinski definition) is 2. The van der Waals surface area contributed by atoms with Gasteiger partial charge in [0.25, 0.3) is 0 Å². The zero-order valence-electron chi connectivity index (χ0n) is 12.3. The van der Waals surface area contributed by atoms with Crippen molar-refractivity contribution >= 4 is 10.8 Å². The lowest BCUT2D eigenvalue weighted by molar-refractivity contribution is 0.544. The minimum atomic E-state index is -0.920. The first-order chi connectivity index (χ1) is 10.1. The van der Waals surface area contributed by atoms with Crippen molar-refractivity contribution in [2.24, 2.45) is 0 Å². The quantitative estimate of drug-likeness (QED) is 0.887. The second kappa shape index (κ2) is 7.48. The molecular weight excluding hydrogens is 285 g/mol. The van der Waals surface area contributed by atoms with E-state index >= 15 is 0 Å². The summed E-state index contributed by atoms with van der Waals surface area (Å²) in [6.07, 6.45) is 1.69. The first kappa shape index (κ1) is 15.9. The molecule has 0 aromatic heterocycles. The Hall–Kier alpha value is -1.52. The monoisotopic (exact) mass is 305 g/mol. The summed E-state index contributed by atoms with van der Waals surface area (Å²) in [6.45, 7) is 2.36. The van der Waals surface area contributed by atoms with Crippen LogP contribution in [0.15, 0.2) is 48.5 Å². The van der Waals surface area contributed by atoms with E-state index in [-0.39, 0.29) is 11.9 Å². The normalized spacial score (nSPS) is 13.9. The van der Waals surface area contributed by atoms with Crippen LogP contribution >= 0.6 is 0 Å². The van der Waals surface area contributed by atoms with Crippen molar-refractivity contribution in [2.75, 3.05) is 12.0 Å². The van der Waals surface area contributed by atoms with Crippen LogP contribution < -0.4 is 5.32 Å². The molecule has 0 radical (unpaired) electrons. The zero-order valence-corrected chi connectivity index (χ0v) is 13.1. The molecule has 0 aliphatic rings. The molecule has 0 saturated carbocycles. The lowest BCUT2D eigenvalue weighted by Gasteiger charge is -2.18. The van der Waals surface area contributed by atoms with E-state index in [0.29, 0.717) is 17.9 Å². The molecule has 2 unspecified atom stereocenters. The maximum Gasteiger partial charge on any atom is 0.127 e. The van der Waals surface area contributed by atoms with Crippen molar-refractivity contribution in [3.05, 3.63) is 71.0 Å². The number of hydrogen-bond donors (Lipinski definition) is 1. The Morgan fingerprint density at radius 2 is 1.90 bits per heavy atom. The highest BCUT2D eigenvalue weighted by atomic mass is 32.2. The molecule has 2 nitrogen and oxygen atoms in total. The van der Waals surface area contributed by atoms with Crippen molar-refractivity contribution in [1.29, 1.82) is 0 Å². The number of benzene rings is 2. The van der Waals surface area contributed by atoms with Gasteiger partial charge in [-0.1, -0.05) is 48.0 Å². The van der Waals surface area contributed by atoms with Crippen molar-refractivity contribution in [3.8, 4) is 0 Å². The van der Waals surface area contributed by atoms with Gasteiger partial charge in [0.1, 0.15) is 5.82 Å². The highest BCUT2D eigenvalue weighted by Gasteiger charge is 2.13. The molecule has 2 aromatic carbocycles. The third-order valence-corrected chi connectivity index (χ3v) is 4.15. The summed E-state index contributed by atoms with van der Waals surface area (Å²) in [4.78, 5) is 0. The van der Waals surface area contributed by atoms with E-state index in [2.05, 4.69) is 5.32 Å². The number of nitrogens with one attached hydrogen (secondary N) is 1.